The third kappa shape index (κ3) is 3.98. The molecule has 6 nitrogen and oxygen atoms in total. The summed E-state index contributed by atoms with van der Waals surface area (Å²) in [6.45, 7) is 4.00. The molecule has 21 heavy (non-hydrogen) atoms. The zero-order valence-corrected chi connectivity index (χ0v) is 12.9. The van der Waals surface area contributed by atoms with Crippen molar-refractivity contribution in [2.75, 3.05) is 13.7 Å². The maximum atomic E-state index is 11.4. The molecule has 0 amide bonds. The molecule has 0 fully saturated rings. The van der Waals surface area contributed by atoms with Crippen LogP contribution in [0.5, 0.6) is 5.75 Å². The van der Waals surface area contributed by atoms with Gasteiger partial charge in [-0.2, -0.15) is 0 Å². The van der Waals surface area contributed by atoms with E-state index in [0.717, 1.165) is 16.9 Å². The second kappa shape index (κ2) is 7.12. The van der Waals surface area contributed by atoms with Gasteiger partial charge in [0, 0.05) is 11.3 Å². The van der Waals surface area contributed by atoms with Gasteiger partial charge in [-0.25, -0.2) is 4.79 Å². The van der Waals surface area contributed by atoms with Crippen LogP contribution in [0.2, 0.25) is 0 Å². The van der Waals surface area contributed by atoms with E-state index >= 15 is 0 Å². The highest BCUT2D eigenvalue weighted by molar-refractivity contribution is 7.98. The lowest BCUT2D eigenvalue weighted by molar-refractivity contribution is 0.0475. The summed E-state index contributed by atoms with van der Waals surface area (Å²) in [4.78, 5) is 11.4. The van der Waals surface area contributed by atoms with Crippen LogP contribution in [0.25, 0.3) is 0 Å². The fourth-order valence-corrected chi connectivity index (χ4v) is 2.44. The molecule has 0 bridgehead atoms. The van der Waals surface area contributed by atoms with Gasteiger partial charge in [-0.15, -0.1) is 5.10 Å². The van der Waals surface area contributed by atoms with Crippen molar-refractivity contribution in [1.82, 2.24) is 10.2 Å². The van der Waals surface area contributed by atoms with Crippen molar-refractivity contribution in [2.24, 2.45) is 0 Å². The van der Waals surface area contributed by atoms with E-state index in [1.165, 1.54) is 11.8 Å². The summed E-state index contributed by atoms with van der Waals surface area (Å²) in [5.41, 5.74) is 2.17. The Morgan fingerprint density at radius 1 is 1.38 bits per heavy atom. The van der Waals surface area contributed by atoms with Crippen LogP contribution in [-0.2, 0) is 10.5 Å². The molecule has 1 aromatic heterocycles. The number of hydrogen-bond donors (Lipinski definition) is 0. The molecule has 0 spiro atoms. The first-order chi connectivity index (χ1) is 10.1. The molecule has 2 aromatic rings. The largest absolute Gasteiger partial charge is 0.496 e. The average Bonchev–Trinajstić information content (AvgIpc) is 2.94. The summed E-state index contributed by atoms with van der Waals surface area (Å²) in [6, 6.07) is 5.94. The highest BCUT2D eigenvalue weighted by Gasteiger charge is 2.16. The number of esters is 1. The molecule has 1 aromatic carbocycles. The number of hydrogen-bond acceptors (Lipinski definition) is 7. The van der Waals surface area contributed by atoms with Gasteiger partial charge in [0.2, 0.25) is 0 Å². The Kier molecular flexibility index (Phi) is 5.21. The number of aromatic nitrogens is 2. The van der Waals surface area contributed by atoms with Crippen LogP contribution in [0.3, 0.4) is 0 Å². The molecule has 0 saturated heterocycles. The topological polar surface area (TPSA) is 74.5 Å². The maximum absolute atomic E-state index is 11.4. The van der Waals surface area contributed by atoms with Crippen LogP contribution in [0, 0.1) is 6.92 Å². The van der Waals surface area contributed by atoms with Crippen molar-refractivity contribution >= 4 is 17.7 Å². The Bertz CT molecular complexity index is 627. The number of methoxy groups -OCH3 is 1. The molecular weight excluding hydrogens is 292 g/mol. The van der Waals surface area contributed by atoms with Crippen LogP contribution in [0.1, 0.15) is 28.7 Å². The van der Waals surface area contributed by atoms with E-state index in [2.05, 4.69) is 10.2 Å². The van der Waals surface area contributed by atoms with Gasteiger partial charge in [0.1, 0.15) is 5.75 Å². The maximum Gasteiger partial charge on any atom is 0.396 e. The van der Waals surface area contributed by atoms with E-state index in [0.29, 0.717) is 11.0 Å². The average molecular weight is 308 g/mol. The highest BCUT2D eigenvalue weighted by Crippen LogP contribution is 2.28. The van der Waals surface area contributed by atoms with Crippen LogP contribution in [0.15, 0.2) is 27.8 Å². The fraction of sp³-hybridized carbons (Fsp3) is 0.357. The first kappa shape index (κ1) is 15.4. The molecule has 0 aliphatic carbocycles. The predicted octanol–water partition coefficient (Wildman–Crippen LogP) is 2.86. The molecule has 2 rings (SSSR count). The van der Waals surface area contributed by atoms with Gasteiger partial charge in [-0.05, 0) is 19.9 Å². The molecule has 0 saturated carbocycles. The number of carbonyl (C=O) groups is 1. The molecule has 0 N–H and O–H groups in total. The number of nitrogens with zero attached hydrogens (tertiary/aromatic N) is 2. The molecule has 7 heteroatoms. The Hall–Kier alpha value is -2.02. The fourth-order valence-electron chi connectivity index (χ4n) is 1.70. The van der Waals surface area contributed by atoms with Crippen molar-refractivity contribution in [3.05, 3.63) is 35.2 Å². The Labute approximate surface area is 126 Å². The number of ether oxygens (including phenoxy) is 2. The minimum Gasteiger partial charge on any atom is -0.496 e. The number of aryl methyl sites for hydroxylation is 1. The normalized spacial score (nSPS) is 10.4. The zero-order chi connectivity index (χ0) is 15.2. The number of carbonyl (C=O) groups excluding carboxylic acids is 1. The smallest absolute Gasteiger partial charge is 0.396 e. The van der Waals surface area contributed by atoms with Crippen LogP contribution in [-0.4, -0.2) is 29.9 Å². The third-order valence-corrected chi connectivity index (χ3v) is 3.51. The van der Waals surface area contributed by atoms with Crippen molar-refractivity contribution in [1.29, 1.82) is 0 Å². The second-order valence-corrected chi connectivity index (χ2v) is 5.12. The third-order valence-electron chi connectivity index (χ3n) is 2.64. The molecule has 112 valence electrons. The standard InChI is InChI=1S/C14H16N2O4S/c1-4-19-13(17)12-15-16-14(20-12)21-8-10-7-9(2)5-6-11(10)18-3/h5-7H,4,8H2,1-3H3. The van der Waals surface area contributed by atoms with Crippen LogP contribution in [0.4, 0.5) is 0 Å². The van der Waals surface area contributed by atoms with Gasteiger partial charge in [0.15, 0.2) is 0 Å². The number of benzene rings is 1. The number of thioether (sulfide) groups is 1. The van der Waals surface area contributed by atoms with Gasteiger partial charge in [0.05, 0.1) is 13.7 Å². The summed E-state index contributed by atoms with van der Waals surface area (Å²) in [6.07, 6.45) is 0. The van der Waals surface area contributed by atoms with Crippen molar-refractivity contribution in [3.63, 3.8) is 0 Å². The lowest BCUT2D eigenvalue weighted by Gasteiger charge is -2.07. The Morgan fingerprint density at radius 2 is 2.19 bits per heavy atom. The summed E-state index contributed by atoms with van der Waals surface area (Å²) in [7, 11) is 1.63. The summed E-state index contributed by atoms with van der Waals surface area (Å²) >= 11 is 1.34. The van der Waals surface area contributed by atoms with Crippen molar-refractivity contribution in [3.8, 4) is 5.75 Å². The lowest BCUT2D eigenvalue weighted by Crippen LogP contribution is -2.04. The van der Waals surface area contributed by atoms with E-state index in [-0.39, 0.29) is 12.5 Å². The molecule has 0 aliphatic rings. The Balaban J connectivity index is 2.03. The minimum absolute atomic E-state index is 0.129. The molecular formula is C14H16N2O4S. The van der Waals surface area contributed by atoms with Gasteiger partial charge >= 0.3 is 11.9 Å². The minimum atomic E-state index is -0.606. The second-order valence-electron chi connectivity index (χ2n) is 4.20. The SMILES string of the molecule is CCOC(=O)c1nnc(SCc2cc(C)ccc2OC)o1. The lowest BCUT2D eigenvalue weighted by atomic mass is 10.1. The van der Waals surface area contributed by atoms with Crippen molar-refractivity contribution in [2.45, 2.75) is 24.8 Å². The van der Waals surface area contributed by atoms with Gasteiger partial charge in [0.25, 0.3) is 5.22 Å². The quantitative estimate of drug-likeness (QED) is 0.600. The van der Waals surface area contributed by atoms with E-state index in [1.807, 2.05) is 25.1 Å². The Morgan fingerprint density at radius 3 is 2.90 bits per heavy atom. The monoisotopic (exact) mass is 308 g/mol. The molecule has 0 atom stereocenters. The molecule has 0 unspecified atom stereocenters. The number of rotatable bonds is 6. The summed E-state index contributed by atoms with van der Waals surface area (Å²) in [5, 5.41) is 7.80. The highest BCUT2D eigenvalue weighted by atomic mass is 32.2. The molecule has 1 heterocycles. The van der Waals surface area contributed by atoms with Crippen LogP contribution < -0.4 is 4.74 Å². The predicted molar refractivity (Wildman–Crippen MR) is 77.5 cm³/mol. The summed E-state index contributed by atoms with van der Waals surface area (Å²) < 4.78 is 15.4. The molecule has 0 radical (unpaired) electrons. The van der Waals surface area contributed by atoms with E-state index in [4.69, 9.17) is 13.9 Å². The zero-order valence-electron chi connectivity index (χ0n) is 12.1. The van der Waals surface area contributed by atoms with E-state index < -0.39 is 5.97 Å². The van der Waals surface area contributed by atoms with Crippen molar-refractivity contribution < 1.29 is 18.7 Å². The van der Waals surface area contributed by atoms with Gasteiger partial charge in [-0.3, -0.25) is 0 Å². The molecule has 0 aliphatic heterocycles. The summed E-state index contributed by atoms with van der Waals surface area (Å²) in [5.74, 6) is 0.675. The van der Waals surface area contributed by atoms with Gasteiger partial charge in [-0.1, -0.05) is 34.6 Å². The van der Waals surface area contributed by atoms with Gasteiger partial charge < -0.3 is 13.9 Å². The first-order valence-corrected chi connectivity index (χ1v) is 7.39. The van der Waals surface area contributed by atoms with E-state index in [1.54, 1.807) is 14.0 Å². The first-order valence-electron chi connectivity index (χ1n) is 6.41. The van der Waals surface area contributed by atoms with Crippen LogP contribution >= 0.6 is 11.8 Å². The van der Waals surface area contributed by atoms with E-state index in [9.17, 15) is 4.79 Å².